The van der Waals surface area contributed by atoms with Crippen molar-refractivity contribution in [1.29, 1.82) is 5.26 Å². The standard InChI is InChI=1S/C14H7BrClN3S/c15-10-3-2-9(16)6-12(10)19-13-5-8(7-17)1-4-11(13)18-14(19)20/h1-6H,(H,18,20). The minimum atomic E-state index is 0.554. The number of fused-ring (bicyclic) bond motifs is 1. The molecule has 0 saturated carbocycles. The van der Waals surface area contributed by atoms with Gasteiger partial charge in [0.1, 0.15) is 0 Å². The molecule has 1 aromatic heterocycles. The van der Waals surface area contributed by atoms with Crippen LogP contribution in [0.2, 0.25) is 5.02 Å². The number of benzene rings is 2. The zero-order chi connectivity index (χ0) is 14.3. The van der Waals surface area contributed by atoms with E-state index in [1.54, 1.807) is 18.2 Å². The maximum absolute atomic E-state index is 9.04. The summed E-state index contributed by atoms with van der Waals surface area (Å²) in [6.45, 7) is 0. The third kappa shape index (κ3) is 2.16. The number of imidazole rings is 1. The molecule has 0 bridgehead atoms. The van der Waals surface area contributed by atoms with E-state index >= 15 is 0 Å². The van der Waals surface area contributed by atoms with Crippen molar-refractivity contribution in [2.75, 3.05) is 0 Å². The fourth-order valence-corrected chi connectivity index (χ4v) is 2.97. The van der Waals surface area contributed by atoms with Gasteiger partial charge in [-0.05, 0) is 64.5 Å². The molecule has 0 saturated heterocycles. The van der Waals surface area contributed by atoms with E-state index in [0.717, 1.165) is 21.2 Å². The summed E-state index contributed by atoms with van der Waals surface area (Å²) in [5, 5.41) is 9.66. The highest BCUT2D eigenvalue weighted by Gasteiger charge is 2.10. The van der Waals surface area contributed by atoms with Crippen molar-refractivity contribution in [3.63, 3.8) is 0 Å². The summed E-state index contributed by atoms with van der Waals surface area (Å²) in [5.74, 6) is 0. The van der Waals surface area contributed by atoms with E-state index in [4.69, 9.17) is 29.1 Å². The number of aromatic amines is 1. The normalized spacial score (nSPS) is 10.7. The third-order valence-electron chi connectivity index (χ3n) is 2.96. The lowest BCUT2D eigenvalue weighted by Crippen LogP contribution is -1.95. The predicted molar refractivity (Wildman–Crippen MR) is 85.9 cm³/mol. The van der Waals surface area contributed by atoms with Crippen LogP contribution in [-0.4, -0.2) is 9.55 Å². The van der Waals surface area contributed by atoms with Gasteiger partial charge >= 0.3 is 0 Å². The number of nitrogens with one attached hydrogen (secondary N) is 1. The van der Waals surface area contributed by atoms with Crippen molar-refractivity contribution in [3.05, 3.63) is 56.2 Å². The summed E-state index contributed by atoms with van der Waals surface area (Å²) >= 11 is 14.9. The highest BCUT2D eigenvalue weighted by atomic mass is 79.9. The number of halogens is 2. The van der Waals surface area contributed by atoms with Crippen molar-refractivity contribution in [1.82, 2.24) is 9.55 Å². The third-order valence-corrected chi connectivity index (χ3v) is 4.15. The lowest BCUT2D eigenvalue weighted by Gasteiger charge is -2.08. The first-order valence-electron chi connectivity index (χ1n) is 5.70. The monoisotopic (exact) mass is 363 g/mol. The van der Waals surface area contributed by atoms with Gasteiger partial charge in [0.2, 0.25) is 0 Å². The van der Waals surface area contributed by atoms with Gasteiger partial charge in [-0.25, -0.2) is 0 Å². The maximum atomic E-state index is 9.04. The first kappa shape index (κ1) is 13.4. The number of H-pyrrole nitrogens is 1. The second kappa shape index (κ2) is 5.06. The Kier molecular flexibility index (Phi) is 3.38. The molecule has 1 heterocycles. The molecule has 3 rings (SSSR count). The summed E-state index contributed by atoms with van der Waals surface area (Å²) < 4.78 is 3.29. The second-order valence-corrected chi connectivity index (χ2v) is 5.88. The Balaban J connectivity index is 2.41. The molecule has 20 heavy (non-hydrogen) atoms. The average molecular weight is 365 g/mol. The summed E-state index contributed by atoms with van der Waals surface area (Å²) in [6, 6.07) is 13.0. The maximum Gasteiger partial charge on any atom is 0.182 e. The Morgan fingerprint density at radius 2 is 2.05 bits per heavy atom. The van der Waals surface area contributed by atoms with Gasteiger partial charge in [-0.2, -0.15) is 5.26 Å². The fourth-order valence-electron chi connectivity index (χ4n) is 2.07. The Morgan fingerprint density at radius 3 is 2.80 bits per heavy atom. The molecule has 0 aliphatic rings. The van der Waals surface area contributed by atoms with Crippen LogP contribution in [0.3, 0.4) is 0 Å². The van der Waals surface area contributed by atoms with Crippen LogP contribution in [-0.2, 0) is 0 Å². The molecule has 0 radical (unpaired) electrons. The molecule has 0 fully saturated rings. The number of nitrogens with zero attached hydrogens (tertiary/aromatic N) is 2. The van der Waals surface area contributed by atoms with Crippen LogP contribution in [0.4, 0.5) is 0 Å². The largest absolute Gasteiger partial charge is 0.330 e. The van der Waals surface area contributed by atoms with Crippen LogP contribution in [0.1, 0.15) is 5.56 Å². The Labute approximate surface area is 133 Å². The molecule has 3 aromatic rings. The van der Waals surface area contributed by atoms with Gasteiger partial charge in [0, 0.05) is 9.50 Å². The Morgan fingerprint density at radius 1 is 1.25 bits per heavy atom. The molecular weight excluding hydrogens is 358 g/mol. The highest BCUT2D eigenvalue weighted by Crippen LogP contribution is 2.28. The van der Waals surface area contributed by atoms with E-state index in [9.17, 15) is 0 Å². The SMILES string of the molecule is N#Cc1ccc2[nH]c(=S)n(-c3cc(Cl)ccc3Br)c2c1. The summed E-state index contributed by atoms with van der Waals surface area (Å²) in [6.07, 6.45) is 0. The second-order valence-electron chi connectivity index (χ2n) is 4.21. The van der Waals surface area contributed by atoms with E-state index in [2.05, 4.69) is 27.0 Å². The molecule has 3 nitrogen and oxygen atoms in total. The van der Waals surface area contributed by atoms with Crippen LogP contribution in [0, 0.1) is 16.1 Å². The predicted octanol–water partition coefficient (Wildman–Crippen LogP) is 4.98. The average Bonchev–Trinajstić information content (AvgIpc) is 2.76. The molecule has 0 atom stereocenters. The van der Waals surface area contributed by atoms with Crippen LogP contribution in [0.25, 0.3) is 16.7 Å². The smallest absolute Gasteiger partial charge is 0.182 e. The summed E-state index contributed by atoms with van der Waals surface area (Å²) in [7, 11) is 0. The lowest BCUT2D eigenvalue weighted by atomic mass is 10.2. The fraction of sp³-hybridized carbons (Fsp3) is 0. The minimum Gasteiger partial charge on any atom is -0.330 e. The molecular formula is C14H7BrClN3S. The van der Waals surface area contributed by atoms with Crippen molar-refractivity contribution in [2.24, 2.45) is 0 Å². The summed E-state index contributed by atoms with van der Waals surface area (Å²) in [4.78, 5) is 3.13. The van der Waals surface area contributed by atoms with Crippen LogP contribution in [0.15, 0.2) is 40.9 Å². The molecule has 0 spiro atoms. The Bertz CT molecular complexity index is 920. The topological polar surface area (TPSA) is 44.5 Å². The number of hydrogen-bond donors (Lipinski definition) is 1. The Hall–Kier alpha value is -1.61. The van der Waals surface area contributed by atoms with Crippen LogP contribution in [0.5, 0.6) is 0 Å². The molecule has 98 valence electrons. The van der Waals surface area contributed by atoms with Crippen molar-refractivity contribution >= 4 is 50.8 Å². The highest BCUT2D eigenvalue weighted by molar-refractivity contribution is 9.10. The first-order chi connectivity index (χ1) is 9.60. The summed E-state index contributed by atoms with van der Waals surface area (Å²) in [5.41, 5.74) is 3.14. The van der Waals surface area contributed by atoms with Gasteiger partial charge in [0.25, 0.3) is 0 Å². The van der Waals surface area contributed by atoms with Crippen molar-refractivity contribution < 1.29 is 0 Å². The number of hydrogen-bond acceptors (Lipinski definition) is 2. The van der Waals surface area contributed by atoms with Crippen molar-refractivity contribution in [2.45, 2.75) is 0 Å². The molecule has 2 aromatic carbocycles. The molecule has 6 heteroatoms. The quantitative estimate of drug-likeness (QED) is 0.619. The van der Waals surface area contributed by atoms with Gasteiger partial charge in [-0.15, -0.1) is 0 Å². The minimum absolute atomic E-state index is 0.554. The number of rotatable bonds is 1. The van der Waals surface area contributed by atoms with Gasteiger partial charge in [-0.1, -0.05) is 11.6 Å². The number of nitriles is 1. The van der Waals surface area contributed by atoms with Gasteiger partial charge in [0.15, 0.2) is 4.77 Å². The van der Waals surface area contributed by atoms with E-state index in [1.165, 1.54) is 0 Å². The first-order valence-corrected chi connectivity index (χ1v) is 7.28. The molecule has 0 amide bonds. The zero-order valence-electron chi connectivity index (χ0n) is 10.0. The van der Waals surface area contributed by atoms with Crippen LogP contribution >= 0.6 is 39.7 Å². The molecule has 0 unspecified atom stereocenters. The molecule has 0 aliphatic carbocycles. The van der Waals surface area contributed by atoms with Crippen LogP contribution < -0.4 is 0 Å². The molecule has 1 N–H and O–H groups in total. The van der Waals surface area contributed by atoms with Crippen molar-refractivity contribution in [3.8, 4) is 11.8 Å². The van der Waals surface area contributed by atoms with Gasteiger partial charge in [-0.3, -0.25) is 4.57 Å². The van der Waals surface area contributed by atoms with Gasteiger partial charge in [0.05, 0.1) is 28.4 Å². The lowest BCUT2D eigenvalue weighted by molar-refractivity contribution is 1.06. The van der Waals surface area contributed by atoms with E-state index in [-0.39, 0.29) is 0 Å². The zero-order valence-corrected chi connectivity index (χ0v) is 13.2. The molecule has 0 aliphatic heterocycles. The van der Waals surface area contributed by atoms with Gasteiger partial charge < -0.3 is 4.98 Å². The van der Waals surface area contributed by atoms with E-state index in [1.807, 2.05) is 22.8 Å². The number of aromatic nitrogens is 2. The van der Waals surface area contributed by atoms with E-state index in [0.29, 0.717) is 15.4 Å². The van der Waals surface area contributed by atoms with E-state index < -0.39 is 0 Å².